The quantitative estimate of drug-likeness (QED) is 0.749. The third-order valence-corrected chi connectivity index (χ3v) is 3.20. The highest BCUT2D eigenvalue weighted by Crippen LogP contribution is 2.20. The highest BCUT2D eigenvalue weighted by molar-refractivity contribution is 5.10. The summed E-state index contributed by atoms with van der Waals surface area (Å²) in [6.45, 7) is 4.81. The number of nitrogens with zero attached hydrogens (tertiary/aromatic N) is 2. The van der Waals surface area contributed by atoms with Crippen molar-refractivity contribution in [2.45, 2.75) is 38.6 Å². The Morgan fingerprint density at radius 1 is 1.53 bits per heavy atom. The van der Waals surface area contributed by atoms with Gasteiger partial charge < -0.3 is 4.90 Å². The molecule has 0 N–H and O–H groups in total. The number of rotatable bonds is 4. The van der Waals surface area contributed by atoms with E-state index in [1.54, 1.807) is 0 Å². The molecule has 1 saturated heterocycles. The maximum Gasteiger partial charge on any atom is 0.0300 e. The second kappa shape index (κ2) is 5.26. The van der Waals surface area contributed by atoms with Crippen LogP contribution in [0.1, 0.15) is 31.7 Å². The van der Waals surface area contributed by atoms with Crippen LogP contribution in [0.5, 0.6) is 0 Å². The maximum absolute atomic E-state index is 4.18. The fourth-order valence-corrected chi connectivity index (χ4v) is 2.50. The molecule has 0 amide bonds. The van der Waals surface area contributed by atoms with Crippen LogP contribution in [-0.2, 0) is 6.42 Å². The van der Waals surface area contributed by atoms with Crippen molar-refractivity contribution in [2.24, 2.45) is 0 Å². The van der Waals surface area contributed by atoms with Crippen LogP contribution in [0.2, 0.25) is 0 Å². The summed E-state index contributed by atoms with van der Waals surface area (Å²) >= 11 is 0. The summed E-state index contributed by atoms with van der Waals surface area (Å²) in [6, 6.07) is 4.98. The summed E-state index contributed by atoms with van der Waals surface area (Å²) in [5.41, 5.74) is 1.38. The van der Waals surface area contributed by atoms with E-state index in [2.05, 4.69) is 22.9 Å². The Bertz CT molecular complexity index is 284. The van der Waals surface area contributed by atoms with E-state index >= 15 is 0 Å². The zero-order chi connectivity index (χ0) is 10.5. The highest BCUT2D eigenvalue weighted by Gasteiger charge is 2.23. The number of pyridine rings is 1. The molecule has 2 rings (SSSR count). The predicted octanol–water partition coefficient (Wildman–Crippen LogP) is 2.50. The number of hydrogen-bond donors (Lipinski definition) is 0. The topological polar surface area (TPSA) is 16.1 Å². The van der Waals surface area contributed by atoms with Crippen molar-refractivity contribution >= 4 is 0 Å². The van der Waals surface area contributed by atoms with Gasteiger partial charge in [-0.15, -0.1) is 0 Å². The minimum Gasteiger partial charge on any atom is -0.300 e. The second-order valence-electron chi connectivity index (χ2n) is 4.40. The van der Waals surface area contributed by atoms with E-state index in [9.17, 15) is 0 Å². The molecule has 82 valence electrons. The lowest BCUT2D eigenvalue weighted by molar-refractivity contribution is 0.253. The van der Waals surface area contributed by atoms with Gasteiger partial charge in [0.05, 0.1) is 0 Å². The lowest BCUT2D eigenvalue weighted by atomic mass is 10.1. The van der Waals surface area contributed by atoms with Crippen LogP contribution in [0.4, 0.5) is 0 Å². The van der Waals surface area contributed by atoms with Crippen molar-refractivity contribution in [1.29, 1.82) is 0 Å². The van der Waals surface area contributed by atoms with Gasteiger partial charge in [0, 0.05) is 18.4 Å². The molecular weight excluding hydrogens is 184 g/mol. The van der Waals surface area contributed by atoms with Crippen LogP contribution < -0.4 is 0 Å². The third-order valence-electron chi connectivity index (χ3n) is 3.20. The lowest BCUT2D eigenvalue weighted by Gasteiger charge is -2.23. The molecule has 15 heavy (non-hydrogen) atoms. The molecule has 0 spiro atoms. The Morgan fingerprint density at radius 3 is 3.20 bits per heavy atom. The first-order valence-corrected chi connectivity index (χ1v) is 6.03. The Balaban J connectivity index is 1.93. The summed E-state index contributed by atoms with van der Waals surface area (Å²) in [5.74, 6) is 0. The molecule has 2 heteroatoms. The molecule has 0 aliphatic carbocycles. The average Bonchev–Trinajstić information content (AvgIpc) is 2.68. The van der Waals surface area contributed by atoms with Crippen LogP contribution >= 0.6 is 0 Å². The van der Waals surface area contributed by atoms with Crippen LogP contribution in [0.25, 0.3) is 0 Å². The van der Waals surface area contributed by atoms with Crippen molar-refractivity contribution in [3.63, 3.8) is 0 Å². The summed E-state index contributed by atoms with van der Waals surface area (Å²) in [6.07, 6.45) is 9.02. The second-order valence-corrected chi connectivity index (χ2v) is 4.40. The number of aromatic nitrogens is 1. The highest BCUT2D eigenvalue weighted by atomic mass is 15.2. The van der Waals surface area contributed by atoms with Crippen molar-refractivity contribution in [3.8, 4) is 0 Å². The normalized spacial score (nSPS) is 22.1. The molecule has 1 fully saturated rings. The van der Waals surface area contributed by atoms with Crippen LogP contribution in [0.15, 0.2) is 24.5 Å². The zero-order valence-corrected chi connectivity index (χ0v) is 9.52. The van der Waals surface area contributed by atoms with E-state index in [0.29, 0.717) is 0 Å². The van der Waals surface area contributed by atoms with E-state index in [4.69, 9.17) is 0 Å². The molecule has 2 heterocycles. The fraction of sp³-hybridized carbons (Fsp3) is 0.615. The van der Waals surface area contributed by atoms with Crippen LogP contribution in [-0.4, -0.2) is 29.0 Å². The minimum absolute atomic E-state index is 0.758. The molecule has 0 saturated carbocycles. The van der Waals surface area contributed by atoms with E-state index < -0.39 is 0 Å². The lowest BCUT2D eigenvalue weighted by Crippen LogP contribution is -2.31. The Kier molecular flexibility index (Phi) is 3.73. The molecule has 0 aromatic carbocycles. The summed E-state index contributed by atoms with van der Waals surface area (Å²) in [5, 5.41) is 0. The van der Waals surface area contributed by atoms with Crippen LogP contribution in [0.3, 0.4) is 0 Å². The minimum atomic E-state index is 0.758. The average molecular weight is 204 g/mol. The first-order valence-electron chi connectivity index (χ1n) is 6.03. The molecule has 1 aliphatic rings. The van der Waals surface area contributed by atoms with Crippen molar-refractivity contribution in [2.75, 3.05) is 13.1 Å². The molecule has 0 unspecified atom stereocenters. The summed E-state index contributed by atoms with van der Waals surface area (Å²) < 4.78 is 0. The molecule has 1 aromatic heterocycles. The van der Waals surface area contributed by atoms with Crippen molar-refractivity contribution in [1.82, 2.24) is 9.88 Å². The standard InChI is InChI=1S/C13H20N2/c1-2-8-15-9-4-6-13(15)10-12-5-3-7-14-11-12/h3,5,7,11,13H,2,4,6,8-10H2,1H3/t13-/m0/s1. The number of likely N-dealkylation sites (tertiary alicyclic amines) is 1. The van der Waals surface area contributed by atoms with E-state index in [-0.39, 0.29) is 0 Å². The van der Waals surface area contributed by atoms with Gasteiger partial charge in [0.2, 0.25) is 0 Å². The summed E-state index contributed by atoms with van der Waals surface area (Å²) in [4.78, 5) is 6.81. The van der Waals surface area contributed by atoms with Gasteiger partial charge in [0.25, 0.3) is 0 Å². The smallest absolute Gasteiger partial charge is 0.0300 e. The van der Waals surface area contributed by atoms with Gasteiger partial charge in [0.15, 0.2) is 0 Å². The molecule has 1 atom stereocenters. The Morgan fingerprint density at radius 2 is 2.47 bits per heavy atom. The van der Waals surface area contributed by atoms with E-state index in [1.165, 1.54) is 44.3 Å². The Hall–Kier alpha value is -0.890. The SMILES string of the molecule is CCCN1CCC[C@H]1Cc1cccnc1. The molecular formula is C13H20N2. The summed E-state index contributed by atoms with van der Waals surface area (Å²) in [7, 11) is 0. The van der Waals surface area contributed by atoms with Gasteiger partial charge in [-0.2, -0.15) is 0 Å². The third kappa shape index (κ3) is 2.78. The van der Waals surface area contributed by atoms with E-state index in [1.807, 2.05) is 18.5 Å². The molecule has 0 bridgehead atoms. The monoisotopic (exact) mass is 204 g/mol. The van der Waals surface area contributed by atoms with Crippen molar-refractivity contribution < 1.29 is 0 Å². The van der Waals surface area contributed by atoms with Gasteiger partial charge in [-0.1, -0.05) is 13.0 Å². The Labute approximate surface area is 92.3 Å². The molecule has 1 aliphatic heterocycles. The zero-order valence-electron chi connectivity index (χ0n) is 9.52. The predicted molar refractivity (Wildman–Crippen MR) is 62.8 cm³/mol. The maximum atomic E-state index is 4.18. The van der Waals surface area contributed by atoms with Crippen molar-refractivity contribution in [3.05, 3.63) is 30.1 Å². The largest absolute Gasteiger partial charge is 0.300 e. The fourth-order valence-electron chi connectivity index (χ4n) is 2.50. The first kappa shape index (κ1) is 10.6. The molecule has 2 nitrogen and oxygen atoms in total. The van der Waals surface area contributed by atoms with E-state index in [0.717, 1.165) is 6.04 Å². The van der Waals surface area contributed by atoms with Gasteiger partial charge >= 0.3 is 0 Å². The van der Waals surface area contributed by atoms with Gasteiger partial charge in [-0.25, -0.2) is 0 Å². The number of hydrogen-bond acceptors (Lipinski definition) is 2. The van der Waals surface area contributed by atoms with Crippen LogP contribution in [0, 0.1) is 0 Å². The molecule has 0 radical (unpaired) electrons. The van der Waals surface area contributed by atoms with Gasteiger partial charge in [-0.05, 0) is 50.4 Å². The first-order chi connectivity index (χ1) is 7.40. The van der Waals surface area contributed by atoms with Gasteiger partial charge in [0.1, 0.15) is 0 Å². The molecule has 1 aromatic rings. The van der Waals surface area contributed by atoms with Gasteiger partial charge in [-0.3, -0.25) is 4.98 Å².